The minimum absolute atomic E-state index is 0.332. The Labute approximate surface area is 226 Å². The van der Waals surface area contributed by atoms with Crippen molar-refractivity contribution >= 4 is 5.97 Å². The molecule has 0 radical (unpaired) electrons. The van der Waals surface area contributed by atoms with Gasteiger partial charge in [0.2, 0.25) is 5.75 Å². The molecule has 5 rings (SSSR count). The van der Waals surface area contributed by atoms with Crippen LogP contribution in [-0.2, 0) is 4.79 Å². The first kappa shape index (κ1) is 26.1. The third-order valence-electron chi connectivity index (χ3n) is 6.88. The van der Waals surface area contributed by atoms with E-state index in [1.807, 2.05) is 12.1 Å². The molecule has 0 amide bonds. The summed E-state index contributed by atoms with van der Waals surface area (Å²) in [6.07, 6.45) is -1.23. The minimum atomic E-state index is -0.642. The van der Waals surface area contributed by atoms with Gasteiger partial charge in [-0.05, 0) is 12.1 Å². The van der Waals surface area contributed by atoms with Gasteiger partial charge in [-0.15, -0.1) is 0 Å². The summed E-state index contributed by atoms with van der Waals surface area (Å²) in [7, 11) is 9.33. The number of benzene rings is 3. The first-order valence-corrected chi connectivity index (χ1v) is 12.2. The summed E-state index contributed by atoms with van der Waals surface area (Å²) in [4.78, 5) is 12.1. The Morgan fingerprint density at radius 3 is 1.69 bits per heavy atom. The van der Waals surface area contributed by atoms with Gasteiger partial charge in [0.1, 0.15) is 34.5 Å². The van der Waals surface area contributed by atoms with E-state index in [4.69, 9.17) is 42.6 Å². The third-order valence-corrected chi connectivity index (χ3v) is 6.88. The van der Waals surface area contributed by atoms with Gasteiger partial charge in [-0.25, -0.2) is 0 Å². The summed E-state index contributed by atoms with van der Waals surface area (Å²) in [6.45, 7) is 1.35. The fourth-order valence-corrected chi connectivity index (χ4v) is 5.26. The number of hydrogen-bond acceptors (Lipinski definition) is 10. The molecule has 206 valence electrons. The van der Waals surface area contributed by atoms with E-state index in [1.54, 1.807) is 59.8 Å². The highest BCUT2D eigenvalue weighted by atomic mass is 16.6. The molecule has 3 aromatic rings. The number of esters is 1. The van der Waals surface area contributed by atoms with Crippen molar-refractivity contribution in [1.82, 2.24) is 0 Å². The number of carbonyl (C=O) groups excluding carboxylic acids is 1. The maximum Gasteiger partial charge on any atom is 0.308 e. The molecule has 2 aliphatic rings. The second-order valence-electron chi connectivity index (χ2n) is 8.93. The van der Waals surface area contributed by atoms with E-state index in [1.165, 1.54) is 14.0 Å². The van der Waals surface area contributed by atoms with Gasteiger partial charge < -0.3 is 42.6 Å². The van der Waals surface area contributed by atoms with Crippen LogP contribution in [-0.4, -0.2) is 54.7 Å². The molecule has 0 aliphatic carbocycles. The lowest BCUT2D eigenvalue weighted by molar-refractivity contribution is -0.131. The van der Waals surface area contributed by atoms with E-state index in [-0.39, 0.29) is 0 Å². The second-order valence-corrected chi connectivity index (χ2v) is 8.93. The summed E-state index contributed by atoms with van der Waals surface area (Å²) < 4.78 is 52.3. The minimum Gasteiger partial charge on any atom is -0.496 e. The van der Waals surface area contributed by atoms with Gasteiger partial charge in [-0.3, -0.25) is 4.79 Å². The Morgan fingerprint density at radius 1 is 0.641 bits per heavy atom. The Balaban J connectivity index is 1.77. The zero-order valence-electron chi connectivity index (χ0n) is 22.8. The van der Waals surface area contributed by atoms with Gasteiger partial charge in [0.15, 0.2) is 23.7 Å². The van der Waals surface area contributed by atoms with Crippen LogP contribution < -0.4 is 42.6 Å². The molecule has 0 unspecified atom stereocenters. The van der Waals surface area contributed by atoms with E-state index < -0.39 is 24.1 Å². The molecule has 10 nitrogen and oxygen atoms in total. The molecular weight excluding hydrogens is 508 g/mol. The average molecular weight is 539 g/mol. The number of fused-ring (bicyclic) bond motifs is 5. The quantitative estimate of drug-likeness (QED) is 0.297. The van der Waals surface area contributed by atoms with Crippen molar-refractivity contribution in [3.8, 4) is 51.7 Å². The summed E-state index contributed by atoms with van der Waals surface area (Å²) in [5, 5.41) is 0. The van der Waals surface area contributed by atoms with E-state index in [0.29, 0.717) is 57.3 Å². The monoisotopic (exact) mass is 538 g/mol. The van der Waals surface area contributed by atoms with Crippen LogP contribution in [0.4, 0.5) is 0 Å². The molecule has 2 aliphatic heterocycles. The van der Waals surface area contributed by atoms with Crippen molar-refractivity contribution < 1.29 is 47.4 Å². The Bertz CT molecular complexity index is 1390. The molecule has 39 heavy (non-hydrogen) atoms. The molecule has 0 spiro atoms. The predicted octanol–water partition coefficient (Wildman–Crippen LogP) is 4.69. The highest BCUT2D eigenvalue weighted by Crippen LogP contribution is 2.60. The molecule has 2 heterocycles. The maximum absolute atomic E-state index is 12.1. The Kier molecular flexibility index (Phi) is 6.94. The van der Waals surface area contributed by atoms with Crippen LogP contribution in [0.2, 0.25) is 0 Å². The van der Waals surface area contributed by atoms with Crippen LogP contribution >= 0.6 is 0 Å². The number of hydrogen-bond donors (Lipinski definition) is 0. The third kappa shape index (κ3) is 4.35. The largest absolute Gasteiger partial charge is 0.496 e. The molecule has 0 N–H and O–H groups in total. The lowest BCUT2D eigenvalue weighted by Gasteiger charge is -2.36. The van der Waals surface area contributed by atoms with Crippen molar-refractivity contribution in [1.29, 1.82) is 0 Å². The molecule has 3 atom stereocenters. The molecule has 0 bridgehead atoms. The Hall–Kier alpha value is -4.47. The van der Waals surface area contributed by atoms with E-state index in [9.17, 15) is 4.79 Å². The molecule has 0 fully saturated rings. The lowest BCUT2D eigenvalue weighted by Crippen LogP contribution is -2.36. The smallest absolute Gasteiger partial charge is 0.308 e. The average Bonchev–Trinajstić information content (AvgIpc) is 3.34. The lowest BCUT2D eigenvalue weighted by atomic mass is 9.80. The number of ether oxygens (including phenoxy) is 9. The number of carbonyl (C=O) groups is 1. The molecule has 0 saturated carbocycles. The standard InChI is InChI=1S/C29H30O10/c1-14(30)37-19-11-17(32-3)13-21-25(19)26-24-18(33-4)10-16(31-2)12-20(24)38-27(29(26)39-21)15-8-22(34-5)28(36-7)23(9-15)35-6/h8-13,26-27,29H,1-7H3/t26-,27+,29+/m0/s1. The van der Waals surface area contributed by atoms with E-state index in [0.717, 1.165) is 11.1 Å². The fourth-order valence-electron chi connectivity index (χ4n) is 5.26. The maximum atomic E-state index is 12.1. The first-order chi connectivity index (χ1) is 18.9. The predicted molar refractivity (Wildman–Crippen MR) is 140 cm³/mol. The van der Waals surface area contributed by atoms with E-state index >= 15 is 0 Å². The fraction of sp³-hybridized carbons (Fsp3) is 0.345. The topological polar surface area (TPSA) is 100 Å². The second kappa shape index (κ2) is 10.4. The molecule has 0 saturated heterocycles. The Morgan fingerprint density at radius 2 is 1.18 bits per heavy atom. The highest BCUT2D eigenvalue weighted by Gasteiger charge is 2.51. The van der Waals surface area contributed by atoms with Crippen molar-refractivity contribution in [3.05, 3.63) is 53.1 Å². The highest BCUT2D eigenvalue weighted by molar-refractivity contribution is 5.73. The molecule has 10 heteroatoms. The first-order valence-electron chi connectivity index (χ1n) is 12.2. The normalized spacial score (nSPS) is 18.4. The summed E-state index contributed by atoms with van der Waals surface area (Å²) in [5.41, 5.74) is 2.14. The van der Waals surface area contributed by atoms with Gasteiger partial charge >= 0.3 is 5.97 Å². The van der Waals surface area contributed by atoms with Crippen LogP contribution in [0.1, 0.15) is 35.6 Å². The summed E-state index contributed by atoms with van der Waals surface area (Å²) >= 11 is 0. The van der Waals surface area contributed by atoms with Crippen LogP contribution in [0.3, 0.4) is 0 Å². The van der Waals surface area contributed by atoms with Crippen molar-refractivity contribution in [2.75, 3.05) is 42.7 Å². The van der Waals surface area contributed by atoms with Crippen LogP contribution in [0.25, 0.3) is 0 Å². The van der Waals surface area contributed by atoms with Gasteiger partial charge in [0.25, 0.3) is 0 Å². The van der Waals surface area contributed by atoms with Crippen LogP contribution in [0, 0.1) is 0 Å². The zero-order valence-corrected chi connectivity index (χ0v) is 22.8. The van der Waals surface area contributed by atoms with Gasteiger partial charge in [-0.1, -0.05) is 0 Å². The van der Waals surface area contributed by atoms with Gasteiger partial charge in [0.05, 0.1) is 48.6 Å². The van der Waals surface area contributed by atoms with Crippen LogP contribution in [0.15, 0.2) is 36.4 Å². The van der Waals surface area contributed by atoms with Crippen molar-refractivity contribution in [2.45, 2.75) is 25.0 Å². The van der Waals surface area contributed by atoms with Crippen molar-refractivity contribution in [3.63, 3.8) is 0 Å². The number of rotatable bonds is 8. The summed E-state index contributed by atoms with van der Waals surface area (Å²) in [5.74, 6) is 3.45. The zero-order chi connectivity index (χ0) is 27.8. The van der Waals surface area contributed by atoms with Gasteiger partial charge in [0, 0.05) is 47.9 Å². The van der Waals surface area contributed by atoms with Crippen molar-refractivity contribution in [2.24, 2.45) is 0 Å². The van der Waals surface area contributed by atoms with Gasteiger partial charge in [-0.2, -0.15) is 0 Å². The number of methoxy groups -OCH3 is 6. The molecule has 0 aromatic heterocycles. The van der Waals surface area contributed by atoms with E-state index in [2.05, 4.69) is 0 Å². The van der Waals surface area contributed by atoms with Crippen LogP contribution in [0.5, 0.6) is 51.7 Å². The SMILES string of the molecule is COc1cc(OC(C)=O)c2c(c1)O[C@@H]1[C@H]2c2c(OC)cc(OC)cc2O[C@@H]1c1cc(OC)c(OC)c(OC)c1. The molecular formula is C29H30O10. The molecule has 3 aromatic carbocycles. The summed E-state index contributed by atoms with van der Waals surface area (Å²) in [6, 6.07) is 10.7.